The molecule has 0 fully saturated rings. The van der Waals surface area contributed by atoms with Gasteiger partial charge in [-0.1, -0.05) is 21.1 Å². The number of nitrogens with zero attached hydrogens (tertiary/aromatic N) is 1. The van der Waals surface area contributed by atoms with E-state index in [2.05, 4.69) is 25.6 Å². The summed E-state index contributed by atoms with van der Waals surface area (Å²) in [6.07, 6.45) is 0. The van der Waals surface area contributed by atoms with Crippen LogP contribution < -0.4 is 5.73 Å². The lowest BCUT2D eigenvalue weighted by Crippen LogP contribution is -1.80. The lowest BCUT2D eigenvalue weighted by atomic mass is 10.1. The van der Waals surface area contributed by atoms with Gasteiger partial charge in [-0.25, -0.2) is 0 Å². The first-order valence-electron chi connectivity index (χ1n) is 4.02. The van der Waals surface area contributed by atoms with Crippen LogP contribution in [0.5, 0.6) is 11.5 Å². The number of hydrogen-bond donors (Lipinski definition) is 3. The zero-order chi connectivity index (χ0) is 11.0. The molecule has 0 aliphatic rings. The first-order valence-corrected chi connectivity index (χ1v) is 4.81. The third-order valence-electron chi connectivity index (χ3n) is 1.86. The highest BCUT2D eigenvalue weighted by Gasteiger charge is 2.13. The Morgan fingerprint density at radius 1 is 1.27 bits per heavy atom. The number of aromatic nitrogens is 1. The number of nitrogen functional groups attached to an aromatic ring is 1. The second kappa shape index (κ2) is 3.47. The molecule has 1 aromatic carbocycles. The van der Waals surface area contributed by atoms with Crippen LogP contribution in [0, 0.1) is 0 Å². The van der Waals surface area contributed by atoms with Gasteiger partial charge < -0.3 is 20.5 Å². The summed E-state index contributed by atoms with van der Waals surface area (Å²) in [5, 5.41) is 22.6. The molecule has 0 spiro atoms. The summed E-state index contributed by atoms with van der Waals surface area (Å²) >= 11 is 3.19. The van der Waals surface area contributed by atoms with Crippen LogP contribution in [0.25, 0.3) is 11.3 Å². The van der Waals surface area contributed by atoms with Crippen molar-refractivity contribution in [2.75, 3.05) is 5.73 Å². The third-order valence-corrected chi connectivity index (χ3v) is 2.32. The molecule has 0 atom stereocenters. The Morgan fingerprint density at radius 3 is 2.60 bits per heavy atom. The average Bonchev–Trinajstić information content (AvgIpc) is 2.58. The van der Waals surface area contributed by atoms with E-state index in [0.717, 1.165) is 0 Å². The highest BCUT2D eigenvalue weighted by Crippen LogP contribution is 2.38. The molecule has 0 aliphatic carbocycles. The first-order chi connectivity index (χ1) is 7.08. The predicted octanol–water partition coefficient (Wildman–Crippen LogP) is 2.10. The number of phenolic OH excluding ortho intramolecular Hbond substituents is 2. The quantitative estimate of drug-likeness (QED) is 0.690. The van der Waals surface area contributed by atoms with Crippen LogP contribution in [0.2, 0.25) is 0 Å². The van der Waals surface area contributed by atoms with Gasteiger partial charge in [0.05, 0.1) is 5.56 Å². The summed E-state index contributed by atoms with van der Waals surface area (Å²) in [5.41, 5.74) is 6.07. The van der Waals surface area contributed by atoms with Gasteiger partial charge in [-0.2, -0.15) is 0 Å². The van der Waals surface area contributed by atoms with Gasteiger partial charge >= 0.3 is 0 Å². The molecule has 0 saturated carbocycles. The molecule has 6 heteroatoms. The topological polar surface area (TPSA) is 92.5 Å². The molecule has 78 valence electrons. The summed E-state index contributed by atoms with van der Waals surface area (Å²) in [4.78, 5) is 0. The zero-order valence-electron chi connectivity index (χ0n) is 7.44. The number of rotatable bonds is 1. The standard InChI is InChI=1S/C9H7BrN2O3/c10-4-1-5(9(14)7(13)2-4)6-3-8(11)15-12-6/h1-3,13-14H,11H2. The monoisotopic (exact) mass is 270 g/mol. The van der Waals surface area contributed by atoms with E-state index >= 15 is 0 Å². The molecule has 0 aliphatic heterocycles. The smallest absolute Gasteiger partial charge is 0.222 e. The second-order valence-corrected chi connectivity index (χ2v) is 3.85. The third kappa shape index (κ3) is 1.75. The first kappa shape index (κ1) is 9.85. The van der Waals surface area contributed by atoms with Gasteiger partial charge in [0.2, 0.25) is 5.88 Å². The van der Waals surface area contributed by atoms with Gasteiger partial charge in [0.15, 0.2) is 11.5 Å². The van der Waals surface area contributed by atoms with Crippen LogP contribution in [-0.4, -0.2) is 15.4 Å². The van der Waals surface area contributed by atoms with E-state index < -0.39 is 0 Å². The molecule has 1 aromatic heterocycles. The van der Waals surface area contributed by atoms with Crippen molar-refractivity contribution in [2.24, 2.45) is 0 Å². The molecule has 2 rings (SSSR count). The van der Waals surface area contributed by atoms with Crippen LogP contribution in [0.3, 0.4) is 0 Å². The molecule has 15 heavy (non-hydrogen) atoms. The average molecular weight is 271 g/mol. The van der Waals surface area contributed by atoms with Crippen molar-refractivity contribution in [1.82, 2.24) is 5.16 Å². The zero-order valence-corrected chi connectivity index (χ0v) is 9.02. The Bertz CT molecular complexity index is 510. The normalized spacial score (nSPS) is 10.5. The summed E-state index contributed by atoms with van der Waals surface area (Å²) in [5.74, 6) is -0.351. The fourth-order valence-electron chi connectivity index (χ4n) is 1.20. The van der Waals surface area contributed by atoms with Crippen molar-refractivity contribution in [3.63, 3.8) is 0 Å². The van der Waals surface area contributed by atoms with Crippen molar-refractivity contribution in [2.45, 2.75) is 0 Å². The van der Waals surface area contributed by atoms with Crippen molar-refractivity contribution >= 4 is 21.8 Å². The molecule has 4 N–H and O–H groups in total. The molecule has 2 aromatic rings. The number of aromatic hydroxyl groups is 2. The van der Waals surface area contributed by atoms with Crippen molar-refractivity contribution in [1.29, 1.82) is 0 Å². The van der Waals surface area contributed by atoms with Crippen molar-refractivity contribution < 1.29 is 14.7 Å². The predicted molar refractivity (Wildman–Crippen MR) is 57.4 cm³/mol. The summed E-state index contributed by atoms with van der Waals surface area (Å²) < 4.78 is 5.29. The number of benzene rings is 1. The van der Waals surface area contributed by atoms with Gasteiger partial charge in [0.1, 0.15) is 5.69 Å². The van der Waals surface area contributed by atoms with Crippen LogP contribution in [0.15, 0.2) is 27.2 Å². The number of halogens is 1. The molecular formula is C9H7BrN2O3. The Balaban J connectivity index is 2.62. The minimum Gasteiger partial charge on any atom is -0.504 e. The van der Waals surface area contributed by atoms with E-state index in [1.54, 1.807) is 6.07 Å². The fourth-order valence-corrected chi connectivity index (χ4v) is 1.64. The van der Waals surface area contributed by atoms with Crippen molar-refractivity contribution in [3.05, 3.63) is 22.7 Å². The molecular weight excluding hydrogens is 264 g/mol. The van der Waals surface area contributed by atoms with E-state index in [0.29, 0.717) is 15.7 Å². The summed E-state index contributed by atoms with van der Waals surface area (Å²) in [6, 6.07) is 4.44. The largest absolute Gasteiger partial charge is 0.504 e. The Kier molecular flexibility index (Phi) is 2.28. The maximum absolute atomic E-state index is 9.59. The lowest BCUT2D eigenvalue weighted by molar-refractivity contribution is 0.403. The minimum absolute atomic E-state index is 0.142. The van der Waals surface area contributed by atoms with Gasteiger partial charge in [0.25, 0.3) is 0 Å². The summed E-state index contributed by atoms with van der Waals surface area (Å²) in [6.45, 7) is 0. The Morgan fingerprint density at radius 2 is 2.00 bits per heavy atom. The van der Waals surface area contributed by atoms with Crippen LogP contribution >= 0.6 is 15.9 Å². The van der Waals surface area contributed by atoms with E-state index in [1.165, 1.54) is 12.1 Å². The number of phenols is 2. The van der Waals surface area contributed by atoms with E-state index in [1.807, 2.05) is 0 Å². The second-order valence-electron chi connectivity index (χ2n) is 2.94. The number of nitrogens with two attached hydrogens (primary N) is 1. The number of hydrogen-bond acceptors (Lipinski definition) is 5. The molecule has 1 heterocycles. The van der Waals surface area contributed by atoms with Gasteiger partial charge in [0, 0.05) is 10.5 Å². The molecule has 0 radical (unpaired) electrons. The van der Waals surface area contributed by atoms with Crippen LogP contribution in [-0.2, 0) is 0 Å². The number of anilines is 1. The fraction of sp³-hybridized carbons (Fsp3) is 0. The summed E-state index contributed by atoms with van der Waals surface area (Å²) in [7, 11) is 0. The molecule has 0 saturated heterocycles. The van der Waals surface area contributed by atoms with E-state index in [-0.39, 0.29) is 17.4 Å². The minimum atomic E-state index is -0.258. The van der Waals surface area contributed by atoms with Crippen LogP contribution in [0.1, 0.15) is 0 Å². The SMILES string of the molecule is Nc1cc(-c2cc(Br)cc(O)c2O)no1. The Labute approximate surface area is 93.2 Å². The van der Waals surface area contributed by atoms with Gasteiger partial charge in [-0.15, -0.1) is 0 Å². The van der Waals surface area contributed by atoms with Gasteiger partial charge in [-0.05, 0) is 12.1 Å². The van der Waals surface area contributed by atoms with E-state index in [4.69, 9.17) is 5.73 Å². The molecule has 0 bridgehead atoms. The maximum Gasteiger partial charge on any atom is 0.222 e. The Hall–Kier alpha value is -1.69. The van der Waals surface area contributed by atoms with Crippen LogP contribution in [0.4, 0.5) is 5.88 Å². The lowest BCUT2D eigenvalue weighted by Gasteiger charge is -2.03. The maximum atomic E-state index is 9.59. The van der Waals surface area contributed by atoms with E-state index in [9.17, 15) is 10.2 Å². The molecule has 0 amide bonds. The van der Waals surface area contributed by atoms with Crippen molar-refractivity contribution in [3.8, 4) is 22.8 Å². The highest BCUT2D eigenvalue weighted by molar-refractivity contribution is 9.10. The highest BCUT2D eigenvalue weighted by atomic mass is 79.9. The molecule has 5 nitrogen and oxygen atoms in total. The van der Waals surface area contributed by atoms with Gasteiger partial charge in [-0.3, -0.25) is 0 Å². The molecule has 0 unspecified atom stereocenters.